The SMILES string of the molecule is O=C(NC(=S)Nc1ccc2oc(-c3cccnc3)nc2c1)c1ccc2c(c1)OCCO2. The molecule has 0 fully saturated rings. The standard InChI is InChI=1S/C22H16N4O4S/c27-20(13-3-5-18-19(10-13)29-9-8-28-18)26-22(31)24-15-4-6-17-16(11-15)25-21(30-17)14-2-1-7-23-12-14/h1-7,10-12H,8-9H2,(H2,24,26,27,31). The van der Waals surface area contributed by atoms with E-state index in [4.69, 9.17) is 26.1 Å². The minimum Gasteiger partial charge on any atom is -0.486 e. The number of nitrogens with zero attached hydrogens (tertiary/aromatic N) is 2. The van der Waals surface area contributed by atoms with Gasteiger partial charge in [-0.1, -0.05) is 0 Å². The zero-order valence-corrected chi connectivity index (χ0v) is 16.9. The molecule has 9 heteroatoms. The first-order valence-electron chi connectivity index (χ1n) is 9.49. The van der Waals surface area contributed by atoms with Crippen LogP contribution in [0.25, 0.3) is 22.6 Å². The molecule has 1 aliphatic heterocycles. The summed E-state index contributed by atoms with van der Waals surface area (Å²) in [5, 5.41) is 5.82. The Labute approximate surface area is 182 Å². The van der Waals surface area contributed by atoms with Crippen molar-refractivity contribution in [2.75, 3.05) is 18.5 Å². The first-order chi connectivity index (χ1) is 15.2. The number of ether oxygens (including phenoxy) is 2. The molecule has 0 aliphatic carbocycles. The quantitative estimate of drug-likeness (QED) is 0.472. The molecular weight excluding hydrogens is 416 g/mol. The van der Waals surface area contributed by atoms with Crippen molar-refractivity contribution in [1.29, 1.82) is 0 Å². The Balaban J connectivity index is 1.28. The maximum Gasteiger partial charge on any atom is 0.257 e. The zero-order chi connectivity index (χ0) is 21.2. The van der Waals surface area contributed by atoms with Crippen molar-refractivity contribution >= 4 is 40.0 Å². The van der Waals surface area contributed by atoms with Gasteiger partial charge < -0.3 is 19.2 Å². The van der Waals surface area contributed by atoms with E-state index in [2.05, 4.69) is 20.6 Å². The number of oxazole rings is 1. The van der Waals surface area contributed by atoms with Crippen LogP contribution >= 0.6 is 12.2 Å². The van der Waals surface area contributed by atoms with E-state index in [1.54, 1.807) is 48.8 Å². The molecule has 0 bridgehead atoms. The van der Waals surface area contributed by atoms with Gasteiger partial charge in [0.2, 0.25) is 5.89 Å². The Hall–Kier alpha value is -3.98. The number of benzene rings is 2. The Morgan fingerprint density at radius 1 is 1.03 bits per heavy atom. The van der Waals surface area contributed by atoms with Gasteiger partial charge in [0.25, 0.3) is 5.91 Å². The fraction of sp³-hybridized carbons (Fsp3) is 0.0909. The summed E-state index contributed by atoms with van der Waals surface area (Å²) in [5.41, 5.74) is 3.17. The van der Waals surface area contributed by atoms with Gasteiger partial charge in [-0.2, -0.15) is 0 Å². The van der Waals surface area contributed by atoms with Gasteiger partial charge in [0.1, 0.15) is 18.7 Å². The van der Waals surface area contributed by atoms with E-state index in [1.807, 2.05) is 12.1 Å². The fourth-order valence-electron chi connectivity index (χ4n) is 3.14. The smallest absolute Gasteiger partial charge is 0.257 e. The topological polar surface area (TPSA) is 98.5 Å². The Morgan fingerprint density at radius 2 is 1.90 bits per heavy atom. The molecule has 8 nitrogen and oxygen atoms in total. The maximum absolute atomic E-state index is 12.5. The van der Waals surface area contributed by atoms with Crippen molar-refractivity contribution in [3.8, 4) is 23.0 Å². The molecule has 1 aliphatic rings. The fourth-order valence-corrected chi connectivity index (χ4v) is 3.35. The third-order valence-electron chi connectivity index (χ3n) is 4.59. The van der Waals surface area contributed by atoms with E-state index >= 15 is 0 Å². The second kappa shape index (κ2) is 8.04. The summed E-state index contributed by atoms with van der Waals surface area (Å²) >= 11 is 5.29. The summed E-state index contributed by atoms with van der Waals surface area (Å²) in [6.07, 6.45) is 3.38. The van der Waals surface area contributed by atoms with Gasteiger partial charge in [0.05, 0.1) is 5.56 Å². The number of hydrogen-bond acceptors (Lipinski definition) is 7. The van der Waals surface area contributed by atoms with E-state index < -0.39 is 0 Å². The first kappa shape index (κ1) is 19.0. The van der Waals surface area contributed by atoms with E-state index in [0.29, 0.717) is 53.0 Å². The number of amides is 1. The number of carbonyl (C=O) groups excluding carboxylic acids is 1. The highest BCUT2D eigenvalue weighted by molar-refractivity contribution is 7.80. The van der Waals surface area contributed by atoms with E-state index in [9.17, 15) is 4.79 Å². The molecule has 1 amide bonds. The average Bonchev–Trinajstić information content (AvgIpc) is 3.23. The van der Waals surface area contributed by atoms with Gasteiger partial charge in [-0.25, -0.2) is 4.98 Å². The first-order valence-corrected chi connectivity index (χ1v) is 9.89. The molecule has 0 unspecified atom stereocenters. The van der Waals surface area contributed by atoms with Crippen molar-refractivity contribution < 1.29 is 18.7 Å². The lowest BCUT2D eigenvalue weighted by Gasteiger charge is -2.18. The number of hydrogen-bond donors (Lipinski definition) is 2. The molecule has 0 saturated carbocycles. The number of rotatable bonds is 3. The number of thiocarbonyl (C=S) groups is 1. The van der Waals surface area contributed by atoms with Gasteiger partial charge in [0.15, 0.2) is 22.2 Å². The zero-order valence-electron chi connectivity index (χ0n) is 16.1. The normalized spacial score (nSPS) is 12.4. The van der Waals surface area contributed by atoms with Gasteiger partial charge in [-0.3, -0.25) is 15.1 Å². The average molecular weight is 432 g/mol. The predicted molar refractivity (Wildman–Crippen MR) is 118 cm³/mol. The summed E-state index contributed by atoms with van der Waals surface area (Å²) in [4.78, 5) is 21.1. The van der Waals surface area contributed by atoms with Gasteiger partial charge >= 0.3 is 0 Å². The summed E-state index contributed by atoms with van der Waals surface area (Å²) in [6.45, 7) is 0.942. The highest BCUT2D eigenvalue weighted by atomic mass is 32.1. The van der Waals surface area contributed by atoms with Crippen molar-refractivity contribution in [3.05, 3.63) is 66.5 Å². The third kappa shape index (κ3) is 4.03. The van der Waals surface area contributed by atoms with Crippen LogP contribution in [0.3, 0.4) is 0 Å². The number of nitrogens with one attached hydrogen (secondary N) is 2. The minimum atomic E-state index is -0.351. The van der Waals surface area contributed by atoms with Crippen molar-refractivity contribution in [2.45, 2.75) is 0 Å². The number of pyridine rings is 1. The van der Waals surface area contributed by atoms with Crippen LogP contribution in [0.4, 0.5) is 5.69 Å². The maximum atomic E-state index is 12.5. The molecule has 2 aromatic heterocycles. The molecule has 2 N–H and O–H groups in total. The van der Waals surface area contributed by atoms with Crippen LogP contribution in [-0.4, -0.2) is 34.2 Å². The van der Waals surface area contributed by atoms with Crippen LogP contribution < -0.4 is 20.1 Å². The molecular formula is C22H16N4O4S. The summed E-state index contributed by atoms with van der Waals surface area (Å²) in [6, 6.07) is 14.1. The molecule has 0 radical (unpaired) electrons. The lowest BCUT2D eigenvalue weighted by atomic mass is 10.2. The van der Waals surface area contributed by atoms with Crippen LogP contribution in [0.1, 0.15) is 10.4 Å². The summed E-state index contributed by atoms with van der Waals surface area (Å²) in [5.74, 6) is 1.29. The van der Waals surface area contributed by atoms with Crippen molar-refractivity contribution in [1.82, 2.24) is 15.3 Å². The Morgan fingerprint density at radius 3 is 2.74 bits per heavy atom. The Kier molecular flexibility index (Phi) is 4.93. The predicted octanol–water partition coefficient (Wildman–Crippen LogP) is 3.79. The lowest BCUT2D eigenvalue weighted by Crippen LogP contribution is -2.34. The van der Waals surface area contributed by atoms with E-state index in [-0.39, 0.29) is 11.0 Å². The molecule has 154 valence electrons. The monoisotopic (exact) mass is 432 g/mol. The molecule has 2 aromatic carbocycles. The molecule has 0 atom stereocenters. The number of anilines is 1. The number of fused-ring (bicyclic) bond motifs is 2. The van der Waals surface area contributed by atoms with Crippen LogP contribution in [0.5, 0.6) is 11.5 Å². The highest BCUT2D eigenvalue weighted by Gasteiger charge is 2.16. The highest BCUT2D eigenvalue weighted by Crippen LogP contribution is 2.30. The van der Waals surface area contributed by atoms with Gasteiger partial charge in [-0.05, 0) is 60.7 Å². The van der Waals surface area contributed by atoms with Crippen LogP contribution in [-0.2, 0) is 0 Å². The van der Waals surface area contributed by atoms with Crippen LogP contribution in [0.2, 0.25) is 0 Å². The van der Waals surface area contributed by atoms with Gasteiger partial charge in [-0.15, -0.1) is 0 Å². The second-order valence-electron chi connectivity index (χ2n) is 6.71. The van der Waals surface area contributed by atoms with Gasteiger partial charge in [0, 0.05) is 23.6 Å². The summed E-state index contributed by atoms with van der Waals surface area (Å²) in [7, 11) is 0. The van der Waals surface area contributed by atoms with E-state index in [0.717, 1.165) is 5.56 Å². The largest absolute Gasteiger partial charge is 0.486 e. The Bertz CT molecular complexity index is 1290. The number of carbonyl (C=O) groups is 1. The molecule has 0 spiro atoms. The van der Waals surface area contributed by atoms with Crippen molar-refractivity contribution in [3.63, 3.8) is 0 Å². The molecule has 31 heavy (non-hydrogen) atoms. The van der Waals surface area contributed by atoms with Crippen LogP contribution in [0.15, 0.2) is 65.3 Å². The minimum absolute atomic E-state index is 0.162. The lowest BCUT2D eigenvalue weighted by molar-refractivity contribution is 0.0976. The van der Waals surface area contributed by atoms with Crippen LogP contribution in [0, 0.1) is 0 Å². The second-order valence-corrected chi connectivity index (χ2v) is 7.12. The molecule has 3 heterocycles. The van der Waals surface area contributed by atoms with E-state index in [1.165, 1.54) is 0 Å². The summed E-state index contributed by atoms with van der Waals surface area (Å²) < 4.78 is 16.8. The number of aromatic nitrogens is 2. The third-order valence-corrected chi connectivity index (χ3v) is 4.79. The molecule has 5 rings (SSSR count). The molecule has 4 aromatic rings. The van der Waals surface area contributed by atoms with Crippen molar-refractivity contribution in [2.24, 2.45) is 0 Å². The molecule has 0 saturated heterocycles.